The van der Waals surface area contributed by atoms with Crippen molar-refractivity contribution in [1.29, 1.82) is 0 Å². The van der Waals surface area contributed by atoms with Crippen molar-refractivity contribution >= 4 is 10.9 Å². The van der Waals surface area contributed by atoms with E-state index in [0.29, 0.717) is 16.5 Å². The molecule has 0 aliphatic rings. The molecule has 2 rings (SSSR count). The number of nitrogens with one attached hydrogen (secondary N) is 1. The predicted molar refractivity (Wildman–Crippen MR) is 52.6 cm³/mol. The molecule has 0 bridgehead atoms. The van der Waals surface area contributed by atoms with Crippen LogP contribution in [0.3, 0.4) is 0 Å². The van der Waals surface area contributed by atoms with Gasteiger partial charge in [0.2, 0.25) is 5.56 Å². The van der Waals surface area contributed by atoms with E-state index in [0.717, 1.165) is 0 Å². The van der Waals surface area contributed by atoms with Crippen LogP contribution in [0, 0.1) is 6.92 Å². The van der Waals surface area contributed by atoms with Crippen molar-refractivity contribution in [2.75, 3.05) is 0 Å². The minimum atomic E-state index is -0.250. The molecule has 14 heavy (non-hydrogen) atoms. The number of aromatic hydroxyl groups is 2. The highest BCUT2D eigenvalue weighted by atomic mass is 16.3. The van der Waals surface area contributed by atoms with E-state index in [9.17, 15) is 15.0 Å². The SMILES string of the molecule is Cc1cc(=O)[nH]c2cc(O)cc(O)c12. The van der Waals surface area contributed by atoms with E-state index in [1.54, 1.807) is 6.92 Å². The summed E-state index contributed by atoms with van der Waals surface area (Å²) in [6, 6.07) is 4.05. The molecule has 1 heterocycles. The van der Waals surface area contributed by atoms with Gasteiger partial charge in [0.1, 0.15) is 11.5 Å². The Morgan fingerprint density at radius 2 is 1.93 bits per heavy atom. The van der Waals surface area contributed by atoms with Crippen LogP contribution in [-0.2, 0) is 0 Å². The molecular formula is C10H9NO3. The first-order valence-corrected chi connectivity index (χ1v) is 4.13. The van der Waals surface area contributed by atoms with Gasteiger partial charge in [-0.25, -0.2) is 0 Å². The van der Waals surface area contributed by atoms with Crippen LogP contribution in [-0.4, -0.2) is 15.2 Å². The fourth-order valence-electron chi connectivity index (χ4n) is 1.56. The fourth-order valence-corrected chi connectivity index (χ4v) is 1.56. The summed E-state index contributed by atoms with van der Waals surface area (Å²) in [5.74, 6) is -0.106. The first kappa shape index (κ1) is 8.62. The lowest BCUT2D eigenvalue weighted by Gasteiger charge is -2.04. The van der Waals surface area contributed by atoms with E-state index in [4.69, 9.17) is 0 Å². The van der Waals surface area contributed by atoms with Crippen molar-refractivity contribution in [3.63, 3.8) is 0 Å². The molecule has 0 aliphatic heterocycles. The summed E-state index contributed by atoms with van der Waals surface area (Å²) in [5.41, 5.74) is 0.869. The zero-order valence-electron chi connectivity index (χ0n) is 7.53. The van der Waals surface area contributed by atoms with E-state index >= 15 is 0 Å². The summed E-state index contributed by atoms with van der Waals surface area (Å²) in [7, 11) is 0. The zero-order chi connectivity index (χ0) is 10.3. The lowest BCUT2D eigenvalue weighted by atomic mass is 10.1. The van der Waals surface area contributed by atoms with E-state index in [1.165, 1.54) is 18.2 Å². The Morgan fingerprint density at radius 3 is 2.64 bits per heavy atom. The largest absolute Gasteiger partial charge is 0.508 e. The maximum atomic E-state index is 11.1. The number of phenols is 2. The average Bonchev–Trinajstić information content (AvgIpc) is 1.99. The number of hydrogen-bond acceptors (Lipinski definition) is 3. The smallest absolute Gasteiger partial charge is 0.248 e. The first-order valence-electron chi connectivity index (χ1n) is 4.13. The Hall–Kier alpha value is -1.97. The van der Waals surface area contributed by atoms with Crippen LogP contribution in [0.4, 0.5) is 0 Å². The summed E-state index contributed by atoms with van der Waals surface area (Å²) < 4.78 is 0. The molecule has 0 atom stereocenters. The molecule has 0 fully saturated rings. The third kappa shape index (κ3) is 1.21. The van der Waals surface area contributed by atoms with Crippen molar-refractivity contribution in [1.82, 2.24) is 4.98 Å². The first-order chi connectivity index (χ1) is 6.58. The van der Waals surface area contributed by atoms with E-state index in [2.05, 4.69) is 4.98 Å². The number of aryl methyl sites for hydroxylation is 1. The summed E-state index contributed by atoms with van der Waals surface area (Å²) in [5, 5.41) is 19.3. The quantitative estimate of drug-likeness (QED) is 0.586. The lowest BCUT2D eigenvalue weighted by molar-refractivity contribution is 0.455. The van der Waals surface area contributed by atoms with Gasteiger partial charge in [-0.2, -0.15) is 0 Å². The van der Waals surface area contributed by atoms with Crippen molar-refractivity contribution in [2.24, 2.45) is 0 Å². The zero-order valence-corrected chi connectivity index (χ0v) is 7.53. The highest BCUT2D eigenvalue weighted by Crippen LogP contribution is 2.29. The molecule has 1 aromatic carbocycles. The number of H-pyrrole nitrogens is 1. The third-order valence-corrected chi connectivity index (χ3v) is 2.10. The van der Waals surface area contributed by atoms with E-state index in [-0.39, 0.29) is 17.1 Å². The van der Waals surface area contributed by atoms with Crippen molar-refractivity contribution in [3.05, 3.63) is 34.1 Å². The number of aromatic nitrogens is 1. The maximum absolute atomic E-state index is 11.1. The lowest BCUT2D eigenvalue weighted by Crippen LogP contribution is -2.04. The molecule has 0 radical (unpaired) electrons. The summed E-state index contributed by atoms with van der Waals surface area (Å²) in [4.78, 5) is 13.6. The molecular weight excluding hydrogens is 182 g/mol. The number of aromatic amines is 1. The van der Waals surface area contributed by atoms with E-state index in [1.807, 2.05) is 0 Å². The van der Waals surface area contributed by atoms with Gasteiger partial charge in [-0.05, 0) is 12.5 Å². The molecule has 1 aromatic heterocycles. The molecule has 0 aliphatic carbocycles. The average molecular weight is 191 g/mol. The topological polar surface area (TPSA) is 73.3 Å². The third-order valence-electron chi connectivity index (χ3n) is 2.10. The Kier molecular flexibility index (Phi) is 1.70. The van der Waals surface area contributed by atoms with Crippen LogP contribution in [0.2, 0.25) is 0 Å². The van der Waals surface area contributed by atoms with Gasteiger partial charge >= 0.3 is 0 Å². The second-order valence-electron chi connectivity index (χ2n) is 3.20. The van der Waals surface area contributed by atoms with Crippen molar-refractivity contribution in [3.8, 4) is 11.5 Å². The second-order valence-corrected chi connectivity index (χ2v) is 3.20. The second kappa shape index (κ2) is 2.77. The number of benzene rings is 1. The fraction of sp³-hybridized carbons (Fsp3) is 0.100. The number of hydrogen-bond donors (Lipinski definition) is 3. The number of rotatable bonds is 0. The summed E-state index contributed by atoms with van der Waals surface area (Å²) in [6.07, 6.45) is 0. The molecule has 4 nitrogen and oxygen atoms in total. The van der Waals surface area contributed by atoms with Crippen LogP contribution in [0.1, 0.15) is 5.56 Å². The van der Waals surface area contributed by atoms with Crippen molar-refractivity contribution in [2.45, 2.75) is 6.92 Å². The van der Waals surface area contributed by atoms with Crippen LogP contribution < -0.4 is 5.56 Å². The number of fused-ring (bicyclic) bond motifs is 1. The van der Waals surface area contributed by atoms with Crippen molar-refractivity contribution < 1.29 is 10.2 Å². The van der Waals surface area contributed by atoms with Gasteiger partial charge in [-0.15, -0.1) is 0 Å². The molecule has 0 unspecified atom stereocenters. The Balaban J connectivity index is 3.01. The minimum Gasteiger partial charge on any atom is -0.508 e. The van der Waals surface area contributed by atoms with Gasteiger partial charge in [-0.1, -0.05) is 0 Å². The molecule has 0 amide bonds. The monoisotopic (exact) mass is 191 g/mol. The van der Waals surface area contributed by atoms with Gasteiger partial charge in [0.15, 0.2) is 0 Å². The van der Waals surface area contributed by atoms with Crippen LogP contribution in [0.15, 0.2) is 23.0 Å². The Morgan fingerprint density at radius 1 is 1.21 bits per heavy atom. The highest BCUT2D eigenvalue weighted by molar-refractivity contribution is 5.88. The van der Waals surface area contributed by atoms with E-state index < -0.39 is 0 Å². The Labute approximate surface area is 79.4 Å². The van der Waals surface area contributed by atoms with Gasteiger partial charge in [0.25, 0.3) is 0 Å². The summed E-state index contributed by atoms with van der Waals surface area (Å²) in [6.45, 7) is 1.73. The molecule has 72 valence electrons. The van der Waals surface area contributed by atoms with Gasteiger partial charge < -0.3 is 15.2 Å². The molecule has 4 heteroatoms. The van der Waals surface area contributed by atoms with Gasteiger partial charge in [0.05, 0.1) is 5.52 Å². The number of pyridine rings is 1. The highest BCUT2D eigenvalue weighted by Gasteiger charge is 2.06. The molecule has 0 spiro atoms. The van der Waals surface area contributed by atoms with Gasteiger partial charge in [-0.3, -0.25) is 4.79 Å². The van der Waals surface area contributed by atoms with Gasteiger partial charge in [0, 0.05) is 23.6 Å². The maximum Gasteiger partial charge on any atom is 0.248 e. The number of phenolic OH excluding ortho intramolecular Hbond substituents is 2. The van der Waals surface area contributed by atoms with Crippen LogP contribution in [0.25, 0.3) is 10.9 Å². The molecule has 0 saturated carbocycles. The van der Waals surface area contributed by atoms with Crippen LogP contribution in [0.5, 0.6) is 11.5 Å². The molecule has 0 saturated heterocycles. The molecule has 3 N–H and O–H groups in total. The summed E-state index contributed by atoms with van der Waals surface area (Å²) >= 11 is 0. The normalized spacial score (nSPS) is 10.6. The standard InChI is InChI=1S/C10H9NO3/c1-5-2-9(14)11-7-3-6(12)4-8(13)10(5)7/h2-4,12-13H,1H3,(H,11,14). The predicted octanol–water partition coefficient (Wildman–Crippen LogP) is 1.25. The minimum absolute atomic E-state index is 0.0336. The van der Waals surface area contributed by atoms with Crippen LogP contribution >= 0.6 is 0 Å². The molecule has 2 aromatic rings. The Bertz CT molecular complexity index is 557.